The molecular weight excluding hydrogens is 332 g/mol. The van der Waals surface area contributed by atoms with Crippen LogP contribution in [0.5, 0.6) is 5.75 Å². The summed E-state index contributed by atoms with van der Waals surface area (Å²) >= 11 is 3.41. The zero-order chi connectivity index (χ0) is 15.2. The van der Waals surface area contributed by atoms with E-state index in [9.17, 15) is 9.90 Å². The number of aromatic hydroxyl groups is 1. The number of halogens is 1. The summed E-state index contributed by atoms with van der Waals surface area (Å²) in [5, 5.41) is 15.1. The van der Waals surface area contributed by atoms with Gasteiger partial charge in [-0.3, -0.25) is 0 Å². The van der Waals surface area contributed by atoms with Gasteiger partial charge in [0.15, 0.2) is 0 Å². The number of hydrogen-bond donors (Lipinski definition) is 3. The van der Waals surface area contributed by atoms with E-state index in [1.165, 1.54) is 0 Å². The van der Waals surface area contributed by atoms with Crippen molar-refractivity contribution >= 4 is 27.6 Å². The van der Waals surface area contributed by atoms with Gasteiger partial charge in [-0.1, -0.05) is 34.1 Å². The molecule has 2 aromatic rings. The van der Waals surface area contributed by atoms with E-state index in [-0.39, 0.29) is 11.8 Å². The Hall–Kier alpha value is -2.01. The van der Waals surface area contributed by atoms with Crippen LogP contribution in [0.4, 0.5) is 10.5 Å². The van der Waals surface area contributed by atoms with E-state index >= 15 is 0 Å². The number of urea groups is 1. The minimum absolute atomic E-state index is 0.0581. The molecule has 4 nitrogen and oxygen atoms in total. The Labute approximate surface area is 132 Å². The lowest BCUT2D eigenvalue weighted by atomic mass is 10.1. The van der Waals surface area contributed by atoms with Crippen LogP contribution in [0, 0.1) is 6.92 Å². The molecule has 0 saturated heterocycles. The molecule has 0 aliphatic rings. The molecule has 110 valence electrons. The van der Waals surface area contributed by atoms with Gasteiger partial charge in [0.05, 0.1) is 5.69 Å². The first-order valence-corrected chi connectivity index (χ1v) is 7.43. The fourth-order valence-corrected chi connectivity index (χ4v) is 2.38. The lowest BCUT2D eigenvalue weighted by molar-refractivity contribution is 0.252. The van der Waals surface area contributed by atoms with Crippen molar-refractivity contribution in [2.24, 2.45) is 0 Å². The first-order chi connectivity index (χ1) is 10.0. The first-order valence-electron chi connectivity index (χ1n) is 6.63. The van der Waals surface area contributed by atoms with Crippen molar-refractivity contribution < 1.29 is 9.90 Å². The van der Waals surface area contributed by atoms with Crippen LogP contribution in [-0.2, 0) is 6.42 Å². The third-order valence-electron chi connectivity index (χ3n) is 2.99. The van der Waals surface area contributed by atoms with Gasteiger partial charge in [0.25, 0.3) is 0 Å². The summed E-state index contributed by atoms with van der Waals surface area (Å²) in [6.45, 7) is 2.42. The lowest BCUT2D eigenvalue weighted by Crippen LogP contribution is -2.30. The normalized spacial score (nSPS) is 10.2. The van der Waals surface area contributed by atoms with E-state index in [1.54, 1.807) is 18.2 Å². The van der Waals surface area contributed by atoms with Crippen LogP contribution in [0.1, 0.15) is 11.1 Å². The molecule has 3 N–H and O–H groups in total. The quantitative estimate of drug-likeness (QED) is 0.735. The Kier molecular flexibility index (Phi) is 5.22. The van der Waals surface area contributed by atoms with Gasteiger partial charge in [-0.25, -0.2) is 4.79 Å². The number of phenols is 1. The molecule has 2 rings (SSSR count). The molecule has 2 aromatic carbocycles. The maximum atomic E-state index is 11.8. The average molecular weight is 349 g/mol. The highest BCUT2D eigenvalue weighted by molar-refractivity contribution is 9.10. The van der Waals surface area contributed by atoms with Crippen LogP contribution in [0.3, 0.4) is 0 Å². The fourth-order valence-electron chi connectivity index (χ4n) is 1.93. The van der Waals surface area contributed by atoms with Gasteiger partial charge in [0.1, 0.15) is 5.75 Å². The van der Waals surface area contributed by atoms with Crippen molar-refractivity contribution in [3.05, 3.63) is 58.1 Å². The van der Waals surface area contributed by atoms with Crippen molar-refractivity contribution in [2.45, 2.75) is 13.3 Å². The zero-order valence-electron chi connectivity index (χ0n) is 11.7. The summed E-state index contributed by atoms with van der Waals surface area (Å²) in [4.78, 5) is 11.8. The first kappa shape index (κ1) is 15.4. The second kappa shape index (κ2) is 7.13. The molecule has 0 fully saturated rings. The number of nitrogens with one attached hydrogen (secondary N) is 2. The monoisotopic (exact) mass is 348 g/mol. The van der Waals surface area contributed by atoms with Gasteiger partial charge in [-0.05, 0) is 48.7 Å². The predicted octanol–water partition coefficient (Wildman–Crippen LogP) is 3.83. The van der Waals surface area contributed by atoms with Crippen LogP contribution < -0.4 is 10.6 Å². The molecule has 0 unspecified atom stereocenters. The third-order valence-corrected chi connectivity index (χ3v) is 3.48. The molecule has 0 atom stereocenters. The maximum Gasteiger partial charge on any atom is 0.319 e. The number of anilines is 1. The number of benzene rings is 2. The molecule has 5 heteroatoms. The van der Waals surface area contributed by atoms with E-state index in [4.69, 9.17) is 0 Å². The van der Waals surface area contributed by atoms with Crippen LogP contribution in [-0.4, -0.2) is 17.7 Å². The number of rotatable bonds is 4. The molecule has 0 aliphatic carbocycles. The minimum Gasteiger partial charge on any atom is -0.506 e. The van der Waals surface area contributed by atoms with Crippen LogP contribution in [0.25, 0.3) is 0 Å². The summed E-state index contributed by atoms with van der Waals surface area (Å²) in [5.74, 6) is 0.0581. The number of amides is 2. The summed E-state index contributed by atoms with van der Waals surface area (Å²) in [6.07, 6.45) is 0.743. The molecule has 0 bridgehead atoms. The SMILES string of the molecule is Cc1ccc(O)c(NC(=O)NCCc2cccc(Br)c2)c1. The highest BCUT2D eigenvalue weighted by Crippen LogP contribution is 2.23. The topological polar surface area (TPSA) is 61.4 Å². The fraction of sp³-hybridized carbons (Fsp3) is 0.188. The maximum absolute atomic E-state index is 11.8. The lowest BCUT2D eigenvalue weighted by Gasteiger charge is -2.10. The minimum atomic E-state index is -0.328. The largest absolute Gasteiger partial charge is 0.506 e. The van der Waals surface area contributed by atoms with E-state index in [0.717, 1.165) is 22.0 Å². The van der Waals surface area contributed by atoms with Gasteiger partial charge in [0, 0.05) is 11.0 Å². The summed E-state index contributed by atoms with van der Waals surface area (Å²) in [7, 11) is 0. The molecule has 0 aromatic heterocycles. The number of hydrogen-bond acceptors (Lipinski definition) is 2. The Morgan fingerprint density at radius 1 is 1.24 bits per heavy atom. The Morgan fingerprint density at radius 3 is 2.81 bits per heavy atom. The standard InChI is InChI=1S/C16H17BrN2O2/c1-11-5-6-15(20)14(9-11)19-16(21)18-8-7-12-3-2-4-13(17)10-12/h2-6,9-10,20H,7-8H2,1H3,(H2,18,19,21). The summed E-state index contributed by atoms with van der Waals surface area (Å²) in [5.41, 5.74) is 2.52. The van der Waals surface area contributed by atoms with Crippen LogP contribution in [0.15, 0.2) is 46.9 Å². The summed E-state index contributed by atoms with van der Waals surface area (Å²) in [6, 6.07) is 12.7. The van der Waals surface area contributed by atoms with Crippen molar-refractivity contribution in [3.63, 3.8) is 0 Å². The van der Waals surface area contributed by atoms with Gasteiger partial charge in [-0.2, -0.15) is 0 Å². The van der Waals surface area contributed by atoms with Gasteiger partial charge in [-0.15, -0.1) is 0 Å². The van der Waals surface area contributed by atoms with E-state index in [1.807, 2.05) is 31.2 Å². The molecule has 0 spiro atoms. The van der Waals surface area contributed by atoms with E-state index in [0.29, 0.717) is 12.2 Å². The molecule has 0 heterocycles. The van der Waals surface area contributed by atoms with Crippen molar-refractivity contribution in [3.8, 4) is 5.75 Å². The van der Waals surface area contributed by atoms with Gasteiger partial charge < -0.3 is 15.7 Å². The second-order valence-corrected chi connectivity index (χ2v) is 5.70. The predicted molar refractivity (Wildman–Crippen MR) is 87.7 cm³/mol. The molecule has 21 heavy (non-hydrogen) atoms. The van der Waals surface area contributed by atoms with Crippen molar-refractivity contribution in [2.75, 3.05) is 11.9 Å². The highest BCUT2D eigenvalue weighted by Gasteiger charge is 2.06. The third kappa shape index (κ3) is 4.79. The molecule has 0 aliphatic heterocycles. The van der Waals surface area contributed by atoms with Crippen molar-refractivity contribution in [1.82, 2.24) is 5.32 Å². The smallest absolute Gasteiger partial charge is 0.319 e. The second-order valence-electron chi connectivity index (χ2n) is 4.78. The number of phenolic OH excluding ortho intramolecular Hbond substituents is 1. The Balaban J connectivity index is 1.84. The number of carbonyl (C=O) groups excluding carboxylic acids is 1. The van der Waals surface area contributed by atoms with E-state index < -0.39 is 0 Å². The van der Waals surface area contributed by atoms with E-state index in [2.05, 4.69) is 26.6 Å². The number of carbonyl (C=O) groups is 1. The Morgan fingerprint density at radius 2 is 2.05 bits per heavy atom. The van der Waals surface area contributed by atoms with Crippen LogP contribution in [0.2, 0.25) is 0 Å². The zero-order valence-corrected chi connectivity index (χ0v) is 13.3. The Bertz CT molecular complexity index is 644. The molecular formula is C16H17BrN2O2. The van der Waals surface area contributed by atoms with Crippen molar-refractivity contribution in [1.29, 1.82) is 0 Å². The molecule has 0 radical (unpaired) electrons. The van der Waals surface area contributed by atoms with Crippen LogP contribution >= 0.6 is 15.9 Å². The summed E-state index contributed by atoms with van der Waals surface area (Å²) < 4.78 is 1.02. The number of aryl methyl sites for hydroxylation is 1. The highest BCUT2D eigenvalue weighted by atomic mass is 79.9. The van der Waals surface area contributed by atoms with Gasteiger partial charge in [0.2, 0.25) is 0 Å². The molecule has 2 amide bonds. The average Bonchev–Trinajstić information content (AvgIpc) is 2.43. The van der Waals surface area contributed by atoms with Gasteiger partial charge >= 0.3 is 6.03 Å². The molecule has 0 saturated carbocycles.